The molecule has 0 aliphatic carbocycles. The van der Waals surface area contributed by atoms with Crippen molar-refractivity contribution < 1.29 is 4.74 Å². The first kappa shape index (κ1) is 9.44. The quantitative estimate of drug-likeness (QED) is 0.643. The van der Waals surface area contributed by atoms with E-state index < -0.39 is 0 Å². The number of ether oxygens (including phenoxy) is 1. The first-order valence-corrected chi connectivity index (χ1v) is 5.17. The topological polar surface area (TPSA) is 38.5 Å². The fraction of sp³-hybridized carbons (Fsp3) is 1.00. The number of hydrogen-bond donors (Lipinski definition) is 1. The van der Waals surface area contributed by atoms with E-state index in [0.29, 0.717) is 12.1 Å². The van der Waals surface area contributed by atoms with Gasteiger partial charge in [-0.1, -0.05) is 13.8 Å². The van der Waals surface area contributed by atoms with Gasteiger partial charge in [-0.15, -0.1) is 0 Å². The Morgan fingerprint density at radius 2 is 2.08 bits per heavy atom. The van der Waals surface area contributed by atoms with Crippen LogP contribution in [0.2, 0.25) is 0 Å². The average Bonchev–Trinajstić information content (AvgIpc) is 1.92. The standard InChI is InChI=1S/C10H20N2O/c1-10(2)7-12(4-3-9(10)11)8-5-13-6-8/h8-9H,3-7,11H2,1-2H3. The van der Waals surface area contributed by atoms with E-state index in [-0.39, 0.29) is 5.41 Å². The molecular formula is C10H20N2O. The maximum atomic E-state index is 6.08. The fourth-order valence-corrected chi connectivity index (χ4v) is 2.16. The van der Waals surface area contributed by atoms with Crippen molar-refractivity contribution in [1.82, 2.24) is 4.90 Å². The monoisotopic (exact) mass is 184 g/mol. The summed E-state index contributed by atoms with van der Waals surface area (Å²) >= 11 is 0. The highest BCUT2D eigenvalue weighted by atomic mass is 16.5. The molecule has 0 radical (unpaired) electrons. The molecule has 2 aliphatic heterocycles. The first-order valence-electron chi connectivity index (χ1n) is 5.17. The molecule has 2 fully saturated rings. The summed E-state index contributed by atoms with van der Waals surface area (Å²) in [6.07, 6.45) is 1.13. The Hall–Kier alpha value is -0.120. The highest BCUT2D eigenvalue weighted by Gasteiger charge is 2.37. The number of hydrogen-bond acceptors (Lipinski definition) is 3. The molecule has 3 nitrogen and oxygen atoms in total. The lowest BCUT2D eigenvalue weighted by Gasteiger charge is -2.47. The van der Waals surface area contributed by atoms with Gasteiger partial charge in [0.2, 0.25) is 0 Å². The molecule has 2 N–H and O–H groups in total. The molecule has 2 heterocycles. The van der Waals surface area contributed by atoms with Gasteiger partial charge >= 0.3 is 0 Å². The van der Waals surface area contributed by atoms with E-state index in [4.69, 9.17) is 10.5 Å². The van der Waals surface area contributed by atoms with E-state index in [0.717, 1.165) is 32.7 Å². The van der Waals surface area contributed by atoms with Gasteiger partial charge in [0, 0.05) is 19.1 Å². The van der Waals surface area contributed by atoms with E-state index in [1.54, 1.807) is 0 Å². The van der Waals surface area contributed by atoms with Crippen LogP contribution in [0.25, 0.3) is 0 Å². The summed E-state index contributed by atoms with van der Waals surface area (Å²) in [5.74, 6) is 0. The van der Waals surface area contributed by atoms with Crippen LogP contribution in [-0.2, 0) is 4.74 Å². The highest BCUT2D eigenvalue weighted by molar-refractivity contribution is 4.93. The van der Waals surface area contributed by atoms with E-state index in [2.05, 4.69) is 18.7 Å². The summed E-state index contributed by atoms with van der Waals surface area (Å²) < 4.78 is 5.21. The van der Waals surface area contributed by atoms with Gasteiger partial charge < -0.3 is 10.5 Å². The third-order valence-corrected chi connectivity index (χ3v) is 3.48. The van der Waals surface area contributed by atoms with Crippen LogP contribution in [0.4, 0.5) is 0 Å². The van der Waals surface area contributed by atoms with Crippen molar-refractivity contribution in [2.45, 2.75) is 32.4 Å². The Morgan fingerprint density at radius 3 is 2.54 bits per heavy atom. The number of rotatable bonds is 1. The summed E-state index contributed by atoms with van der Waals surface area (Å²) in [6, 6.07) is 1.04. The van der Waals surface area contributed by atoms with Gasteiger partial charge in [0.25, 0.3) is 0 Å². The fourth-order valence-electron chi connectivity index (χ4n) is 2.16. The lowest BCUT2D eigenvalue weighted by molar-refractivity contribution is -0.0871. The SMILES string of the molecule is CC1(C)CN(C2COC2)CCC1N. The van der Waals surface area contributed by atoms with Gasteiger partial charge in [-0.05, 0) is 11.8 Å². The smallest absolute Gasteiger partial charge is 0.0645 e. The first-order chi connectivity index (χ1) is 6.09. The summed E-state index contributed by atoms with van der Waals surface area (Å²) in [5.41, 5.74) is 6.35. The lowest BCUT2D eigenvalue weighted by Crippen LogP contribution is -2.59. The number of nitrogens with zero attached hydrogens (tertiary/aromatic N) is 1. The van der Waals surface area contributed by atoms with E-state index >= 15 is 0 Å². The predicted molar refractivity (Wildman–Crippen MR) is 52.6 cm³/mol. The van der Waals surface area contributed by atoms with Crippen molar-refractivity contribution in [2.24, 2.45) is 11.1 Å². The average molecular weight is 184 g/mol. The lowest BCUT2D eigenvalue weighted by atomic mass is 9.79. The van der Waals surface area contributed by atoms with Crippen LogP contribution in [0.3, 0.4) is 0 Å². The second-order valence-corrected chi connectivity index (χ2v) is 5.05. The summed E-state index contributed by atoms with van der Waals surface area (Å²) in [5, 5.41) is 0. The second kappa shape index (κ2) is 3.23. The van der Waals surface area contributed by atoms with Crippen molar-refractivity contribution in [3.8, 4) is 0 Å². The third kappa shape index (κ3) is 1.73. The van der Waals surface area contributed by atoms with Crippen molar-refractivity contribution in [3.05, 3.63) is 0 Å². The summed E-state index contributed by atoms with van der Waals surface area (Å²) in [7, 11) is 0. The molecule has 0 amide bonds. The number of likely N-dealkylation sites (tertiary alicyclic amines) is 1. The summed E-state index contributed by atoms with van der Waals surface area (Å²) in [6.45, 7) is 8.66. The van der Waals surface area contributed by atoms with Gasteiger partial charge in [-0.25, -0.2) is 0 Å². The molecule has 2 rings (SSSR count). The van der Waals surface area contributed by atoms with Gasteiger partial charge in [0.05, 0.1) is 19.3 Å². The van der Waals surface area contributed by atoms with Crippen LogP contribution >= 0.6 is 0 Å². The Bertz CT molecular complexity index is 189. The molecule has 13 heavy (non-hydrogen) atoms. The zero-order valence-corrected chi connectivity index (χ0v) is 8.62. The van der Waals surface area contributed by atoms with Crippen LogP contribution in [0.5, 0.6) is 0 Å². The Morgan fingerprint density at radius 1 is 1.38 bits per heavy atom. The van der Waals surface area contributed by atoms with Crippen LogP contribution in [-0.4, -0.2) is 43.3 Å². The molecule has 2 saturated heterocycles. The van der Waals surface area contributed by atoms with Crippen LogP contribution in [0.15, 0.2) is 0 Å². The highest BCUT2D eigenvalue weighted by Crippen LogP contribution is 2.29. The van der Waals surface area contributed by atoms with E-state index in [1.165, 1.54) is 0 Å². The molecule has 0 spiro atoms. The van der Waals surface area contributed by atoms with Gasteiger partial charge in [0.15, 0.2) is 0 Å². The molecule has 0 aromatic carbocycles. The molecule has 2 aliphatic rings. The van der Waals surface area contributed by atoms with Crippen molar-refractivity contribution in [1.29, 1.82) is 0 Å². The van der Waals surface area contributed by atoms with Crippen molar-refractivity contribution in [2.75, 3.05) is 26.3 Å². The Balaban J connectivity index is 1.94. The minimum atomic E-state index is 0.272. The molecule has 0 bridgehead atoms. The van der Waals surface area contributed by atoms with Crippen molar-refractivity contribution in [3.63, 3.8) is 0 Å². The second-order valence-electron chi connectivity index (χ2n) is 5.05. The maximum Gasteiger partial charge on any atom is 0.0645 e. The molecular weight excluding hydrogens is 164 g/mol. The van der Waals surface area contributed by atoms with Crippen LogP contribution in [0.1, 0.15) is 20.3 Å². The molecule has 0 aromatic heterocycles. The van der Waals surface area contributed by atoms with Gasteiger partial charge in [-0.2, -0.15) is 0 Å². The molecule has 0 saturated carbocycles. The molecule has 76 valence electrons. The van der Waals surface area contributed by atoms with E-state index in [1.807, 2.05) is 0 Å². The van der Waals surface area contributed by atoms with Crippen LogP contribution in [0, 0.1) is 5.41 Å². The van der Waals surface area contributed by atoms with Crippen molar-refractivity contribution >= 4 is 0 Å². The Kier molecular flexibility index (Phi) is 2.34. The number of piperidine rings is 1. The molecule has 1 unspecified atom stereocenters. The third-order valence-electron chi connectivity index (χ3n) is 3.48. The minimum Gasteiger partial charge on any atom is -0.378 e. The Labute approximate surface area is 80.2 Å². The normalized spacial score (nSPS) is 35.8. The minimum absolute atomic E-state index is 0.272. The van der Waals surface area contributed by atoms with Gasteiger partial charge in [-0.3, -0.25) is 4.90 Å². The number of nitrogens with two attached hydrogens (primary N) is 1. The van der Waals surface area contributed by atoms with E-state index in [9.17, 15) is 0 Å². The summed E-state index contributed by atoms with van der Waals surface area (Å²) in [4.78, 5) is 2.53. The molecule has 0 aromatic rings. The van der Waals surface area contributed by atoms with Gasteiger partial charge in [0.1, 0.15) is 0 Å². The zero-order valence-electron chi connectivity index (χ0n) is 8.62. The predicted octanol–water partition coefficient (Wildman–Crippen LogP) is 0.444. The zero-order chi connectivity index (χ0) is 9.47. The largest absolute Gasteiger partial charge is 0.378 e. The maximum absolute atomic E-state index is 6.08. The molecule has 3 heteroatoms. The molecule has 1 atom stereocenters. The van der Waals surface area contributed by atoms with Crippen LogP contribution < -0.4 is 5.73 Å².